The third-order valence-corrected chi connectivity index (χ3v) is 1.70. The average molecular weight is 234 g/mol. The zero-order valence-electron chi connectivity index (χ0n) is 7.81. The van der Waals surface area contributed by atoms with Crippen molar-refractivity contribution in [2.75, 3.05) is 7.05 Å². The number of benzene rings is 1. The Hall–Kier alpha value is -1.62. The number of nitrogens with zero attached hydrogens (tertiary/aromatic N) is 1. The molecule has 0 aliphatic heterocycles. The summed E-state index contributed by atoms with van der Waals surface area (Å²) < 4.78 is 13.0. The van der Waals surface area contributed by atoms with Gasteiger partial charge in [0.1, 0.15) is 5.82 Å². The average Bonchev–Trinajstić information content (AvgIpc) is 2.16. The van der Waals surface area contributed by atoms with Crippen LogP contribution in [-0.2, 0) is 0 Å². The van der Waals surface area contributed by atoms with Gasteiger partial charge in [-0.25, -0.2) is 14.1 Å². The number of hydrogen-bond donors (Lipinski definition) is 1. The van der Waals surface area contributed by atoms with E-state index in [1.165, 1.54) is 18.2 Å². The fourth-order valence-electron chi connectivity index (χ4n) is 0.902. The number of imide groups is 1. The number of carbonyl (C=O) groups is 2. The lowest BCUT2D eigenvalue weighted by Crippen LogP contribution is -2.32. The first-order valence-corrected chi connectivity index (χ1v) is 3.79. The van der Waals surface area contributed by atoms with Gasteiger partial charge in [-0.1, -0.05) is 12.1 Å². The molecule has 1 aromatic rings. The Kier molecular flexibility index (Phi) is 4.73. The molecule has 0 fully saturated rings. The van der Waals surface area contributed by atoms with Gasteiger partial charge in [0.2, 0.25) is 0 Å². The minimum atomic E-state index is -1.42. The van der Waals surface area contributed by atoms with Crippen LogP contribution in [0, 0.1) is 5.82 Å². The molecule has 0 atom stereocenters. The van der Waals surface area contributed by atoms with E-state index in [4.69, 9.17) is 5.11 Å². The van der Waals surface area contributed by atoms with Crippen molar-refractivity contribution in [2.45, 2.75) is 0 Å². The van der Waals surface area contributed by atoms with Crippen molar-refractivity contribution < 1.29 is 19.1 Å². The van der Waals surface area contributed by atoms with Gasteiger partial charge in [-0.3, -0.25) is 4.79 Å². The Morgan fingerprint density at radius 2 is 1.87 bits per heavy atom. The third-order valence-electron chi connectivity index (χ3n) is 1.70. The maximum atomic E-state index is 13.0. The van der Waals surface area contributed by atoms with Gasteiger partial charge in [0.15, 0.2) is 0 Å². The molecular formula is C9H9ClFNO3. The molecule has 1 rings (SSSR count). The van der Waals surface area contributed by atoms with Crippen LogP contribution in [0.3, 0.4) is 0 Å². The molecule has 0 saturated heterocycles. The van der Waals surface area contributed by atoms with Crippen molar-refractivity contribution in [1.29, 1.82) is 0 Å². The van der Waals surface area contributed by atoms with Crippen LogP contribution >= 0.6 is 12.4 Å². The fraction of sp³-hybridized carbons (Fsp3) is 0.111. The molecule has 0 radical (unpaired) electrons. The summed E-state index contributed by atoms with van der Waals surface area (Å²) in [5.41, 5.74) is -0.252. The van der Waals surface area contributed by atoms with Crippen molar-refractivity contribution in [2.24, 2.45) is 0 Å². The number of rotatable bonds is 1. The lowest BCUT2D eigenvalue weighted by atomic mass is 10.2. The predicted molar refractivity (Wildman–Crippen MR) is 53.8 cm³/mol. The van der Waals surface area contributed by atoms with Gasteiger partial charge in [-0.2, -0.15) is 0 Å². The SMILES string of the molecule is CN(C(=O)O)C(=O)c1ccccc1F.Cl. The first kappa shape index (κ1) is 13.4. The summed E-state index contributed by atoms with van der Waals surface area (Å²) in [6.45, 7) is 0. The van der Waals surface area contributed by atoms with Crippen LogP contribution in [-0.4, -0.2) is 29.1 Å². The van der Waals surface area contributed by atoms with Gasteiger partial charge in [0, 0.05) is 7.05 Å². The smallest absolute Gasteiger partial charge is 0.414 e. The van der Waals surface area contributed by atoms with Crippen LogP contribution in [0.4, 0.5) is 9.18 Å². The maximum absolute atomic E-state index is 13.0. The van der Waals surface area contributed by atoms with E-state index in [9.17, 15) is 14.0 Å². The molecule has 0 spiro atoms. The monoisotopic (exact) mass is 233 g/mol. The van der Waals surface area contributed by atoms with Crippen molar-refractivity contribution in [3.63, 3.8) is 0 Å². The highest BCUT2D eigenvalue weighted by atomic mass is 35.5. The van der Waals surface area contributed by atoms with Crippen molar-refractivity contribution in [1.82, 2.24) is 4.90 Å². The van der Waals surface area contributed by atoms with Crippen LogP contribution in [0.5, 0.6) is 0 Å². The summed E-state index contributed by atoms with van der Waals surface area (Å²) in [4.78, 5) is 22.1. The number of halogens is 2. The predicted octanol–water partition coefficient (Wildman–Crippen LogP) is 2.00. The molecule has 0 aliphatic rings. The standard InChI is InChI=1S/C9H8FNO3.ClH/c1-11(9(13)14)8(12)6-4-2-3-5-7(6)10;/h2-5H,1H3,(H,13,14);1H. The molecule has 0 heterocycles. The molecule has 6 heteroatoms. The number of carbonyl (C=O) groups excluding carboxylic acids is 1. The summed E-state index contributed by atoms with van der Waals surface area (Å²) in [5, 5.41) is 8.49. The van der Waals surface area contributed by atoms with Crippen LogP contribution < -0.4 is 0 Å². The lowest BCUT2D eigenvalue weighted by Gasteiger charge is -2.10. The molecule has 4 nitrogen and oxygen atoms in total. The molecular weight excluding hydrogens is 225 g/mol. The molecule has 2 amide bonds. The molecule has 15 heavy (non-hydrogen) atoms. The highest BCUT2D eigenvalue weighted by Crippen LogP contribution is 2.08. The molecule has 82 valence electrons. The summed E-state index contributed by atoms with van der Waals surface area (Å²) in [6.07, 6.45) is -1.42. The van der Waals surface area contributed by atoms with E-state index in [2.05, 4.69) is 0 Å². The molecule has 1 aromatic carbocycles. The Balaban J connectivity index is 0.00000196. The van der Waals surface area contributed by atoms with Gasteiger partial charge in [0.05, 0.1) is 5.56 Å². The second-order valence-corrected chi connectivity index (χ2v) is 2.63. The lowest BCUT2D eigenvalue weighted by molar-refractivity contribution is 0.0777. The fourth-order valence-corrected chi connectivity index (χ4v) is 0.902. The Labute approximate surface area is 91.7 Å². The van der Waals surface area contributed by atoms with Gasteiger partial charge < -0.3 is 5.11 Å². The molecule has 0 saturated carbocycles. The largest absolute Gasteiger partial charge is 0.465 e. The van der Waals surface area contributed by atoms with E-state index in [0.29, 0.717) is 4.90 Å². The number of amides is 2. The quantitative estimate of drug-likeness (QED) is 0.807. The zero-order chi connectivity index (χ0) is 10.7. The first-order valence-electron chi connectivity index (χ1n) is 3.79. The van der Waals surface area contributed by atoms with Gasteiger partial charge in [0.25, 0.3) is 5.91 Å². The Morgan fingerprint density at radius 3 is 2.33 bits per heavy atom. The number of hydrogen-bond acceptors (Lipinski definition) is 2. The summed E-state index contributed by atoms with van der Waals surface area (Å²) in [5.74, 6) is -1.61. The molecule has 0 unspecified atom stereocenters. The summed E-state index contributed by atoms with van der Waals surface area (Å²) >= 11 is 0. The molecule has 0 bridgehead atoms. The van der Waals surface area contributed by atoms with Crippen molar-refractivity contribution >= 4 is 24.4 Å². The van der Waals surface area contributed by atoms with Gasteiger partial charge >= 0.3 is 6.09 Å². The minimum absolute atomic E-state index is 0. The van der Waals surface area contributed by atoms with Gasteiger partial charge in [-0.05, 0) is 12.1 Å². The van der Waals surface area contributed by atoms with Gasteiger partial charge in [-0.15, -0.1) is 12.4 Å². The Morgan fingerprint density at radius 1 is 1.33 bits per heavy atom. The second-order valence-electron chi connectivity index (χ2n) is 2.63. The van der Waals surface area contributed by atoms with Crippen LogP contribution in [0.2, 0.25) is 0 Å². The second kappa shape index (κ2) is 5.31. The van der Waals surface area contributed by atoms with E-state index < -0.39 is 17.8 Å². The maximum Gasteiger partial charge on any atom is 0.414 e. The highest BCUT2D eigenvalue weighted by Gasteiger charge is 2.19. The van der Waals surface area contributed by atoms with Crippen LogP contribution in [0.1, 0.15) is 10.4 Å². The normalized spacial score (nSPS) is 8.93. The van der Waals surface area contributed by atoms with Crippen LogP contribution in [0.25, 0.3) is 0 Å². The minimum Gasteiger partial charge on any atom is -0.465 e. The van der Waals surface area contributed by atoms with E-state index in [0.717, 1.165) is 13.1 Å². The van der Waals surface area contributed by atoms with Crippen molar-refractivity contribution in [3.05, 3.63) is 35.6 Å². The molecule has 0 aliphatic carbocycles. The van der Waals surface area contributed by atoms with E-state index in [-0.39, 0.29) is 18.0 Å². The zero-order valence-corrected chi connectivity index (χ0v) is 8.62. The third kappa shape index (κ3) is 2.92. The summed E-state index contributed by atoms with van der Waals surface area (Å²) in [7, 11) is 1.07. The first-order chi connectivity index (χ1) is 6.54. The molecule has 1 N–H and O–H groups in total. The Bertz CT molecular complexity index is 383. The summed E-state index contributed by atoms with van der Waals surface area (Å²) in [6, 6.07) is 5.22. The van der Waals surface area contributed by atoms with Crippen LogP contribution in [0.15, 0.2) is 24.3 Å². The van der Waals surface area contributed by atoms with E-state index in [1.54, 1.807) is 0 Å². The van der Waals surface area contributed by atoms with Crippen molar-refractivity contribution in [3.8, 4) is 0 Å². The van der Waals surface area contributed by atoms with E-state index >= 15 is 0 Å². The number of carboxylic acid groups (broad SMARTS) is 1. The van der Waals surface area contributed by atoms with E-state index in [1.807, 2.05) is 0 Å². The topological polar surface area (TPSA) is 57.6 Å². The molecule has 0 aromatic heterocycles. The highest BCUT2D eigenvalue weighted by molar-refractivity contribution is 6.02.